The molecule has 1 aliphatic heterocycles. The number of nitrogens with one attached hydrogen (secondary N) is 2. The first-order valence-electron chi connectivity index (χ1n) is 8.36. The summed E-state index contributed by atoms with van der Waals surface area (Å²) >= 11 is 0. The van der Waals surface area contributed by atoms with E-state index >= 15 is 0 Å². The first-order chi connectivity index (χ1) is 11.2. The number of hydrogen-bond donors (Lipinski definition) is 2. The zero-order valence-electron chi connectivity index (χ0n) is 13.6. The molecule has 2 N–H and O–H groups in total. The summed E-state index contributed by atoms with van der Waals surface area (Å²) in [6.07, 6.45) is 3.56. The van der Waals surface area contributed by atoms with Crippen molar-refractivity contribution < 1.29 is 18.3 Å². The summed E-state index contributed by atoms with van der Waals surface area (Å²) in [6.45, 7) is 3.49. The van der Waals surface area contributed by atoms with Crippen LogP contribution in [0.5, 0.6) is 5.75 Å². The Morgan fingerprint density at radius 2 is 2.17 bits per heavy atom. The van der Waals surface area contributed by atoms with Crippen LogP contribution in [0.25, 0.3) is 0 Å². The van der Waals surface area contributed by atoms with E-state index in [9.17, 15) is 8.78 Å². The summed E-state index contributed by atoms with van der Waals surface area (Å²) in [4.78, 5) is 0. The Balaban J connectivity index is 0.00000208. The van der Waals surface area contributed by atoms with Crippen molar-refractivity contribution in [3.05, 3.63) is 29.8 Å². The van der Waals surface area contributed by atoms with Crippen LogP contribution in [-0.4, -0.2) is 45.0 Å². The second kappa shape index (κ2) is 9.51. The third-order valence-electron chi connectivity index (χ3n) is 4.70. The third kappa shape index (κ3) is 5.02. The van der Waals surface area contributed by atoms with Gasteiger partial charge in [-0.15, -0.1) is 12.4 Å². The quantitative estimate of drug-likeness (QED) is 0.763. The molecular weight excluding hydrogens is 338 g/mol. The zero-order valence-corrected chi connectivity index (χ0v) is 14.4. The van der Waals surface area contributed by atoms with Crippen molar-refractivity contribution in [1.82, 2.24) is 10.6 Å². The number of halogens is 3. The molecule has 136 valence electrons. The minimum Gasteiger partial charge on any atom is -0.489 e. The van der Waals surface area contributed by atoms with Gasteiger partial charge < -0.3 is 20.1 Å². The monoisotopic (exact) mass is 362 g/mol. The molecule has 1 aromatic rings. The molecular formula is C17H25ClF2N2O2. The largest absolute Gasteiger partial charge is 0.489 e. The summed E-state index contributed by atoms with van der Waals surface area (Å²) in [7, 11) is 0. The van der Waals surface area contributed by atoms with Gasteiger partial charge in [-0.2, -0.15) is 0 Å². The van der Waals surface area contributed by atoms with E-state index in [2.05, 4.69) is 10.6 Å². The molecule has 0 bridgehead atoms. The molecule has 2 aliphatic rings. The second-order valence-corrected chi connectivity index (χ2v) is 6.21. The minimum absolute atomic E-state index is 0. The van der Waals surface area contributed by atoms with Crippen LogP contribution in [0.1, 0.15) is 19.3 Å². The third-order valence-corrected chi connectivity index (χ3v) is 4.70. The van der Waals surface area contributed by atoms with E-state index in [0.717, 1.165) is 32.2 Å². The van der Waals surface area contributed by atoms with Gasteiger partial charge in [-0.25, -0.2) is 8.78 Å². The van der Waals surface area contributed by atoms with Crippen molar-refractivity contribution in [2.45, 2.75) is 31.3 Å². The maximum Gasteiger partial charge on any atom is 0.167 e. The van der Waals surface area contributed by atoms with Gasteiger partial charge in [-0.3, -0.25) is 0 Å². The van der Waals surface area contributed by atoms with Crippen molar-refractivity contribution >= 4 is 12.4 Å². The molecule has 1 heterocycles. The van der Waals surface area contributed by atoms with Crippen LogP contribution in [0.3, 0.4) is 0 Å². The molecule has 1 saturated heterocycles. The molecule has 3 unspecified atom stereocenters. The Hall–Kier alpha value is -0.950. The normalized spacial score (nSPS) is 26.8. The van der Waals surface area contributed by atoms with Gasteiger partial charge in [0.15, 0.2) is 11.6 Å². The van der Waals surface area contributed by atoms with Crippen LogP contribution in [0.4, 0.5) is 8.78 Å². The predicted octanol–water partition coefficient (Wildman–Crippen LogP) is 2.51. The standard InChI is InChI=1S/C17H24F2N2O2.ClH/c18-12-4-5-17(14(19)10-12)23-9-7-20-15-3-1-2-13(15)16-11-22-8-6-21-16;/h4-5,10,13,15-16,20-21H,1-3,6-9,11H2;1H. The fourth-order valence-corrected chi connectivity index (χ4v) is 3.58. The maximum absolute atomic E-state index is 13.5. The fraction of sp³-hybridized carbons (Fsp3) is 0.647. The molecule has 1 aliphatic carbocycles. The average molecular weight is 363 g/mol. The van der Waals surface area contributed by atoms with Crippen molar-refractivity contribution in [1.29, 1.82) is 0 Å². The molecule has 2 fully saturated rings. The number of rotatable bonds is 6. The van der Waals surface area contributed by atoms with Gasteiger partial charge in [0.2, 0.25) is 0 Å². The van der Waals surface area contributed by atoms with Gasteiger partial charge in [0.05, 0.1) is 13.2 Å². The molecule has 1 saturated carbocycles. The van der Waals surface area contributed by atoms with Crippen LogP contribution in [0.2, 0.25) is 0 Å². The minimum atomic E-state index is -0.660. The molecule has 0 spiro atoms. The lowest BCUT2D eigenvalue weighted by Gasteiger charge is -2.33. The van der Waals surface area contributed by atoms with Crippen LogP contribution >= 0.6 is 12.4 Å². The van der Waals surface area contributed by atoms with Gasteiger partial charge in [-0.05, 0) is 30.9 Å². The van der Waals surface area contributed by atoms with Gasteiger partial charge in [0, 0.05) is 31.2 Å². The van der Waals surface area contributed by atoms with Crippen LogP contribution in [0.15, 0.2) is 18.2 Å². The Bertz CT molecular complexity index is 515. The summed E-state index contributed by atoms with van der Waals surface area (Å²) in [6, 6.07) is 4.22. The Morgan fingerprint density at radius 1 is 1.29 bits per heavy atom. The van der Waals surface area contributed by atoms with Crippen molar-refractivity contribution in [2.24, 2.45) is 5.92 Å². The predicted molar refractivity (Wildman–Crippen MR) is 90.8 cm³/mol. The molecule has 3 atom stereocenters. The highest BCUT2D eigenvalue weighted by Crippen LogP contribution is 2.29. The molecule has 24 heavy (non-hydrogen) atoms. The van der Waals surface area contributed by atoms with E-state index < -0.39 is 11.6 Å². The van der Waals surface area contributed by atoms with Crippen LogP contribution in [0, 0.1) is 17.6 Å². The number of morpholine rings is 1. The molecule has 1 aromatic carbocycles. The van der Waals surface area contributed by atoms with E-state index in [1.54, 1.807) is 0 Å². The lowest BCUT2D eigenvalue weighted by atomic mass is 9.94. The van der Waals surface area contributed by atoms with E-state index in [4.69, 9.17) is 9.47 Å². The highest BCUT2D eigenvalue weighted by Gasteiger charge is 2.34. The number of ether oxygens (including phenoxy) is 2. The molecule has 4 nitrogen and oxygen atoms in total. The van der Waals surface area contributed by atoms with Crippen LogP contribution < -0.4 is 15.4 Å². The Labute approximate surface area is 147 Å². The molecule has 3 rings (SSSR count). The summed E-state index contributed by atoms with van der Waals surface area (Å²) in [5.41, 5.74) is 0. The summed E-state index contributed by atoms with van der Waals surface area (Å²) < 4.78 is 37.3. The topological polar surface area (TPSA) is 42.5 Å². The summed E-state index contributed by atoms with van der Waals surface area (Å²) in [5.74, 6) is -0.590. The molecule has 0 radical (unpaired) electrons. The van der Waals surface area contributed by atoms with Crippen molar-refractivity contribution in [3.63, 3.8) is 0 Å². The second-order valence-electron chi connectivity index (χ2n) is 6.21. The van der Waals surface area contributed by atoms with Crippen molar-refractivity contribution in [3.8, 4) is 5.75 Å². The molecule has 0 amide bonds. The van der Waals surface area contributed by atoms with Crippen LogP contribution in [-0.2, 0) is 4.74 Å². The van der Waals surface area contributed by atoms with Gasteiger partial charge >= 0.3 is 0 Å². The lowest BCUT2D eigenvalue weighted by Crippen LogP contribution is -2.51. The van der Waals surface area contributed by atoms with Gasteiger partial charge in [-0.1, -0.05) is 6.42 Å². The average Bonchev–Trinajstić information content (AvgIpc) is 3.02. The highest BCUT2D eigenvalue weighted by atomic mass is 35.5. The first-order valence-corrected chi connectivity index (χ1v) is 8.36. The van der Waals surface area contributed by atoms with Gasteiger partial charge in [0.1, 0.15) is 12.4 Å². The van der Waals surface area contributed by atoms with E-state index in [0.29, 0.717) is 31.2 Å². The van der Waals surface area contributed by atoms with Gasteiger partial charge in [0.25, 0.3) is 0 Å². The Kier molecular flexibility index (Phi) is 7.68. The van der Waals surface area contributed by atoms with E-state index in [1.807, 2.05) is 0 Å². The molecule has 7 heteroatoms. The highest BCUT2D eigenvalue weighted by molar-refractivity contribution is 5.85. The first kappa shape index (κ1) is 19.4. The van der Waals surface area contributed by atoms with Crippen molar-refractivity contribution in [2.75, 3.05) is 32.9 Å². The fourth-order valence-electron chi connectivity index (χ4n) is 3.58. The maximum atomic E-state index is 13.5. The van der Waals surface area contributed by atoms with E-state index in [1.165, 1.54) is 25.0 Å². The summed E-state index contributed by atoms with van der Waals surface area (Å²) in [5, 5.41) is 7.05. The molecule has 0 aromatic heterocycles. The van der Waals surface area contributed by atoms with E-state index in [-0.39, 0.29) is 18.2 Å². The smallest absolute Gasteiger partial charge is 0.167 e. The SMILES string of the molecule is Cl.Fc1ccc(OCCNC2CCCC2C2COCCN2)c(F)c1. The number of hydrogen-bond acceptors (Lipinski definition) is 4. The zero-order chi connectivity index (χ0) is 16.1. The number of benzene rings is 1. The lowest BCUT2D eigenvalue weighted by molar-refractivity contribution is 0.0523. The Morgan fingerprint density at radius 3 is 2.92 bits per heavy atom.